The first-order chi connectivity index (χ1) is 6.20. The fourth-order valence-electron chi connectivity index (χ4n) is 1.43. The van der Waals surface area contributed by atoms with E-state index in [9.17, 15) is 8.42 Å². The minimum absolute atomic E-state index is 0.203. The fraction of sp³-hybridized carbons (Fsp3) is 0.571. The Bertz CT molecular complexity index is 352. The molecule has 0 aromatic rings. The van der Waals surface area contributed by atoms with Crippen molar-refractivity contribution < 1.29 is 8.42 Å². The van der Waals surface area contributed by atoms with Gasteiger partial charge in [0.15, 0.2) is 0 Å². The van der Waals surface area contributed by atoms with Crippen molar-refractivity contribution in [3.63, 3.8) is 0 Å². The van der Waals surface area contributed by atoms with Crippen LogP contribution in [0.5, 0.6) is 0 Å². The van der Waals surface area contributed by atoms with Crippen LogP contribution in [0, 0.1) is 0 Å². The molecule has 2 rings (SSSR count). The zero-order chi connectivity index (χ0) is 9.31. The summed E-state index contributed by atoms with van der Waals surface area (Å²) in [5.74, 6) is 0. The maximum absolute atomic E-state index is 11.4. The average molecular weight is 201 g/mol. The highest BCUT2D eigenvalue weighted by Crippen LogP contribution is 2.10. The van der Waals surface area contributed by atoms with Crippen molar-refractivity contribution >= 4 is 15.0 Å². The number of aliphatic imine (C=N–C) groups is 1. The Kier molecular flexibility index (Phi) is 2.09. The summed E-state index contributed by atoms with van der Waals surface area (Å²) in [5.41, 5.74) is 0. The molecule has 0 amide bonds. The minimum atomic E-state index is -3.22. The van der Waals surface area contributed by atoms with E-state index in [2.05, 4.69) is 10.3 Å². The van der Waals surface area contributed by atoms with Gasteiger partial charge in [0.1, 0.15) is 0 Å². The van der Waals surface area contributed by atoms with E-state index in [-0.39, 0.29) is 5.17 Å². The number of hydrogen-bond donors (Lipinski definition) is 1. The van der Waals surface area contributed by atoms with Crippen LogP contribution in [0.25, 0.3) is 0 Å². The Balaban J connectivity index is 2.18. The van der Waals surface area contributed by atoms with Gasteiger partial charge in [-0.3, -0.25) is 0 Å². The molecule has 6 heteroatoms. The molecule has 0 atom stereocenters. The van der Waals surface area contributed by atoms with Crippen molar-refractivity contribution in [3.05, 3.63) is 11.6 Å². The van der Waals surface area contributed by atoms with Crippen molar-refractivity contribution in [2.45, 2.75) is 0 Å². The van der Waals surface area contributed by atoms with Gasteiger partial charge in [0.2, 0.25) is 15.0 Å². The van der Waals surface area contributed by atoms with Gasteiger partial charge in [0, 0.05) is 32.4 Å². The first kappa shape index (κ1) is 8.71. The second kappa shape index (κ2) is 3.12. The summed E-state index contributed by atoms with van der Waals surface area (Å²) in [4.78, 5) is 5.66. The Morgan fingerprint density at radius 3 is 2.62 bits per heavy atom. The molecule has 0 aliphatic carbocycles. The van der Waals surface area contributed by atoms with Crippen molar-refractivity contribution in [1.82, 2.24) is 10.2 Å². The van der Waals surface area contributed by atoms with Crippen LogP contribution in [0.4, 0.5) is 0 Å². The van der Waals surface area contributed by atoms with Crippen molar-refractivity contribution in [3.8, 4) is 0 Å². The summed E-state index contributed by atoms with van der Waals surface area (Å²) in [6.07, 6.45) is 1.34. The standard InChI is InChI=1S/C7H11N3O2S/c11-13(12)6-3-9-7(13)10-4-1-8-2-5-10/h3,6,8H,1-2,4-5H2. The van der Waals surface area contributed by atoms with E-state index in [1.54, 1.807) is 4.90 Å². The van der Waals surface area contributed by atoms with Crippen LogP contribution in [0.15, 0.2) is 16.6 Å². The van der Waals surface area contributed by atoms with Gasteiger partial charge < -0.3 is 10.2 Å². The average Bonchev–Trinajstić information content (AvgIpc) is 2.47. The molecule has 0 radical (unpaired) electrons. The lowest BCUT2D eigenvalue weighted by Crippen LogP contribution is -2.47. The Morgan fingerprint density at radius 1 is 1.38 bits per heavy atom. The smallest absolute Gasteiger partial charge is 0.234 e. The van der Waals surface area contributed by atoms with Crippen molar-refractivity contribution in [1.29, 1.82) is 0 Å². The number of hydrogen-bond acceptors (Lipinski definition) is 5. The molecule has 5 nitrogen and oxygen atoms in total. The molecule has 2 heterocycles. The van der Waals surface area contributed by atoms with Gasteiger partial charge in [-0.15, -0.1) is 0 Å². The van der Waals surface area contributed by atoms with Gasteiger partial charge in [0.05, 0.1) is 5.41 Å². The third kappa shape index (κ3) is 1.59. The Labute approximate surface area is 77.1 Å². The summed E-state index contributed by atoms with van der Waals surface area (Å²) in [5, 5.41) is 4.50. The van der Waals surface area contributed by atoms with Crippen LogP contribution in [0.1, 0.15) is 0 Å². The van der Waals surface area contributed by atoms with E-state index in [1.807, 2.05) is 0 Å². The Hall–Kier alpha value is -0.880. The topological polar surface area (TPSA) is 61.8 Å². The highest BCUT2D eigenvalue weighted by molar-refractivity contribution is 8.09. The first-order valence-electron chi connectivity index (χ1n) is 4.15. The van der Waals surface area contributed by atoms with E-state index in [1.165, 1.54) is 6.20 Å². The van der Waals surface area contributed by atoms with E-state index in [4.69, 9.17) is 0 Å². The second-order valence-corrected chi connectivity index (χ2v) is 4.71. The maximum atomic E-state index is 11.4. The minimum Gasteiger partial charge on any atom is -0.344 e. The van der Waals surface area contributed by atoms with Gasteiger partial charge in [-0.2, -0.15) is 0 Å². The molecule has 13 heavy (non-hydrogen) atoms. The molecular weight excluding hydrogens is 190 g/mol. The predicted octanol–water partition coefficient (Wildman–Crippen LogP) is -0.853. The molecule has 1 fully saturated rings. The maximum Gasteiger partial charge on any atom is 0.234 e. The third-order valence-electron chi connectivity index (χ3n) is 2.07. The molecule has 0 aromatic carbocycles. The number of rotatable bonds is 0. The normalized spacial score (nSPS) is 26.2. The molecule has 1 saturated heterocycles. The van der Waals surface area contributed by atoms with Gasteiger partial charge in [-0.05, 0) is 0 Å². The Morgan fingerprint density at radius 2 is 2.08 bits per heavy atom. The molecule has 2 aliphatic heterocycles. The van der Waals surface area contributed by atoms with Gasteiger partial charge in [-0.1, -0.05) is 0 Å². The summed E-state index contributed by atoms with van der Waals surface area (Å²) in [7, 11) is -3.22. The molecule has 1 N–H and O–H groups in total. The summed E-state index contributed by atoms with van der Waals surface area (Å²) in [6, 6.07) is 0. The molecular formula is C7H11N3O2S. The largest absolute Gasteiger partial charge is 0.344 e. The van der Waals surface area contributed by atoms with E-state index >= 15 is 0 Å². The van der Waals surface area contributed by atoms with E-state index < -0.39 is 9.84 Å². The summed E-state index contributed by atoms with van der Waals surface area (Å²) in [6.45, 7) is 3.04. The van der Waals surface area contributed by atoms with Crippen molar-refractivity contribution in [2.24, 2.45) is 4.99 Å². The van der Waals surface area contributed by atoms with Gasteiger partial charge in [-0.25, -0.2) is 13.4 Å². The third-order valence-corrected chi connectivity index (χ3v) is 3.42. The van der Waals surface area contributed by atoms with Crippen LogP contribution < -0.4 is 5.32 Å². The van der Waals surface area contributed by atoms with Gasteiger partial charge >= 0.3 is 0 Å². The first-order valence-corrected chi connectivity index (χ1v) is 5.70. The van der Waals surface area contributed by atoms with Crippen LogP contribution >= 0.6 is 0 Å². The predicted molar refractivity (Wildman–Crippen MR) is 49.9 cm³/mol. The molecule has 2 aliphatic rings. The molecule has 0 bridgehead atoms. The second-order valence-electron chi connectivity index (χ2n) is 2.98. The number of piperazine rings is 1. The molecule has 72 valence electrons. The van der Waals surface area contributed by atoms with Crippen LogP contribution in [-0.4, -0.2) is 44.7 Å². The number of nitrogens with zero attached hydrogens (tertiary/aromatic N) is 2. The fourth-order valence-corrected chi connectivity index (χ4v) is 2.52. The number of sulfone groups is 1. The lowest BCUT2D eigenvalue weighted by atomic mass is 10.4. The van der Waals surface area contributed by atoms with Crippen LogP contribution in [-0.2, 0) is 9.84 Å². The zero-order valence-electron chi connectivity index (χ0n) is 7.10. The van der Waals surface area contributed by atoms with Crippen LogP contribution in [0.3, 0.4) is 0 Å². The lowest BCUT2D eigenvalue weighted by molar-refractivity contribution is 0.361. The van der Waals surface area contributed by atoms with Crippen LogP contribution in [0.2, 0.25) is 0 Å². The zero-order valence-corrected chi connectivity index (χ0v) is 7.92. The molecule has 0 unspecified atom stereocenters. The number of amidine groups is 1. The van der Waals surface area contributed by atoms with E-state index in [0.717, 1.165) is 18.5 Å². The summed E-state index contributed by atoms with van der Waals surface area (Å²) < 4.78 is 22.8. The molecule has 0 spiro atoms. The number of nitrogens with one attached hydrogen (secondary N) is 1. The quantitative estimate of drug-likeness (QED) is 0.554. The highest BCUT2D eigenvalue weighted by Gasteiger charge is 2.27. The molecule has 0 saturated carbocycles. The monoisotopic (exact) mass is 201 g/mol. The van der Waals surface area contributed by atoms with E-state index in [0.29, 0.717) is 13.1 Å². The highest BCUT2D eigenvalue weighted by atomic mass is 32.2. The van der Waals surface area contributed by atoms with Gasteiger partial charge in [0.25, 0.3) is 0 Å². The van der Waals surface area contributed by atoms with Crippen molar-refractivity contribution in [2.75, 3.05) is 26.2 Å². The molecule has 0 aromatic heterocycles. The summed E-state index contributed by atoms with van der Waals surface area (Å²) >= 11 is 0. The SMILES string of the molecule is O=S1(=O)C=CN=C1N1CCNCC1. The lowest BCUT2D eigenvalue weighted by Gasteiger charge is -2.28.